The number of hydrogen-bond donors (Lipinski definition) is 6. The zero-order valence-corrected chi connectivity index (χ0v) is 14.7. The van der Waals surface area contributed by atoms with E-state index in [4.69, 9.17) is 11.5 Å². The summed E-state index contributed by atoms with van der Waals surface area (Å²) in [5.41, 5.74) is 10.6. The molecule has 9 nitrogen and oxygen atoms in total. The van der Waals surface area contributed by atoms with Gasteiger partial charge in [0.05, 0.1) is 6.04 Å². The molecule has 0 fully saturated rings. The van der Waals surface area contributed by atoms with E-state index in [0.29, 0.717) is 6.42 Å². The van der Waals surface area contributed by atoms with Crippen molar-refractivity contribution in [1.29, 1.82) is 0 Å². The number of aliphatic carboxylic acids is 1. The summed E-state index contributed by atoms with van der Waals surface area (Å²) >= 11 is 3.90. The Balaban J connectivity index is 5.09. The third-order valence-electron chi connectivity index (χ3n) is 3.62. The minimum atomic E-state index is -1.18. The van der Waals surface area contributed by atoms with Crippen LogP contribution in [0, 0.1) is 5.92 Å². The number of carbonyl (C=O) groups is 4. The lowest BCUT2D eigenvalue weighted by Gasteiger charge is -2.24. The van der Waals surface area contributed by atoms with E-state index in [1.54, 1.807) is 13.8 Å². The van der Waals surface area contributed by atoms with E-state index in [1.807, 2.05) is 0 Å². The molecule has 4 atom stereocenters. The van der Waals surface area contributed by atoms with Crippen LogP contribution in [0.5, 0.6) is 0 Å². The van der Waals surface area contributed by atoms with Crippen LogP contribution < -0.4 is 22.1 Å². The van der Waals surface area contributed by atoms with E-state index in [9.17, 15) is 24.3 Å². The molecule has 0 aliphatic carbocycles. The number of nitrogens with one attached hydrogen (secondary N) is 2. The molecule has 0 heterocycles. The second kappa shape index (κ2) is 10.9. The SMILES string of the molecule is CCC(C)C(NC(=O)C(CCC(N)=O)NC(=O)C(N)CS)C(=O)O. The molecule has 0 radical (unpaired) electrons. The topological polar surface area (TPSA) is 165 Å². The van der Waals surface area contributed by atoms with Crippen LogP contribution in [-0.2, 0) is 19.2 Å². The number of carbonyl (C=O) groups excluding carboxylic acids is 3. The van der Waals surface area contributed by atoms with Gasteiger partial charge in [-0.1, -0.05) is 20.3 Å². The van der Waals surface area contributed by atoms with Gasteiger partial charge in [-0.15, -0.1) is 0 Å². The standard InChI is InChI=1S/C14H26N4O5S/c1-3-7(2)11(14(22)23)18-13(21)9(4-5-10(16)19)17-12(20)8(15)6-24/h7-9,11,24H,3-6,15H2,1-2H3,(H2,16,19)(H,17,20)(H,18,21)(H,22,23). The van der Waals surface area contributed by atoms with Crippen LogP contribution in [0.15, 0.2) is 0 Å². The molecule has 3 amide bonds. The fraction of sp³-hybridized carbons (Fsp3) is 0.714. The molecule has 0 spiro atoms. The van der Waals surface area contributed by atoms with E-state index in [0.717, 1.165) is 0 Å². The molecule has 10 heteroatoms. The van der Waals surface area contributed by atoms with Gasteiger partial charge in [0.2, 0.25) is 17.7 Å². The third-order valence-corrected chi connectivity index (χ3v) is 4.02. The summed E-state index contributed by atoms with van der Waals surface area (Å²) in [7, 11) is 0. The van der Waals surface area contributed by atoms with Crippen LogP contribution in [0.4, 0.5) is 0 Å². The molecule has 138 valence electrons. The predicted molar refractivity (Wildman–Crippen MR) is 91.2 cm³/mol. The number of carboxylic acids is 1. The lowest BCUT2D eigenvalue weighted by atomic mass is 9.98. The van der Waals surface area contributed by atoms with E-state index < -0.39 is 41.8 Å². The minimum Gasteiger partial charge on any atom is -0.480 e. The van der Waals surface area contributed by atoms with Gasteiger partial charge in [-0.2, -0.15) is 12.6 Å². The molecule has 0 saturated carbocycles. The van der Waals surface area contributed by atoms with Crippen LogP contribution in [0.1, 0.15) is 33.1 Å². The van der Waals surface area contributed by atoms with Gasteiger partial charge >= 0.3 is 5.97 Å². The smallest absolute Gasteiger partial charge is 0.326 e. The van der Waals surface area contributed by atoms with E-state index >= 15 is 0 Å². The third kappa shape index (κ3) is 7.64. The van der Waals surface area contributed by atoms with Crippen LogP contribution in [-0.4, -0.2) is 52.7 Å². The first-order valence-electron chi connectivity index (χ1n) is 7.62. The largest absolute Gasteiger partial charge is 0.480 e. The molecule has 0 bridgehead atoms. The van der Waals surface area contributed by atoms with Gasteiger partial charge in [0, 0.05) is 12.2 Å². The molecular formula is C14H26N4O5S. The first-order chi connectivity index (χ1) is 11.1. The van der Waals surface area contributed by atoms with Crippen molar-refractivity contribution < 1.29 is 24.3 Å². The van der Waals surface area contributed by atoms with Gasteiger partial charge in [0.1, 0.15) is 12.1 Å². The summed E-state index contributed by atoms with van der Waals surface area (Å²) in [4.78, 5) is 46.4. The number of thiol groups is 1. The predicted octanol–water partition coefficient (Wildman–Crippen LogP) is -1.39. The van der Waals surface area contributed by atoms with Crippen molar-refractivity contribution in [3.8, 4) is 0 Å². The van der Waals surface area contributed by atoms with Crippen LogP contribution in [0.25, 0.3) is 0 Å². The Morgan fingerprint density at radius 1 is 1.17 bits per heavy atom. The molecule has 24 heavy (non-hydrogen) atoms. The van der Waals surface area contributed by atoms with Crippen LogP contribution in [0.3, 0.4) is 0 Å². The Labute approximate surface area is 146 Å². The van der Waals surface area contributed by atoms with Crippen LogP contribution >= 0.6 is 12.6 Å². The summed E-state index contributed by atoms with van der Waals surface area (Å²) in [5, 5.41) is 14.0. The fourth-order valence-corrected chi connectivity index (χ4v) is 2.02. The molecule has 0 aromatic rings. The van der Waals surface area contributed by atoms with Gasteiger partial charge in [0.25, 0.3) is 0 Å². The number of carboxylic acid groups (broad SMARTS) is 1. The summed E-state index contributed by atoms with van der Waals surface area (Å²) < 4.78 is 0. The van der Waals surface area contributed by atoms with E-state index in [-0.39, 0.29) is 24.5 Å². The van der Waals surface area contributed by atoms with Crippen molar-refractivity contribution in [2.75, 3.05) is 5.75 Å². The zero-order chi connectivity index (χ0) is 18.9. The first-order valence-corrected chi connectivity index (χ1v) is 8.25. The lowest BCUT2D eigenvalue weighted by Crippen LogP contribution is -2.56. The molecule has 0 aromatic carbocycles. The molecule has 0 aromatic heterocycles. The molecular weight excluding hydrogens is 336 g/mol. The van der Waals surface area contributed by atoms with Gasteiger partial charge in [-0.3, -0.25) is 14.4 Å². The first kappa shape index (κ1) is 22.2. The molecule has 4 unspecified atom stereocenters. The molecule has 0 saturated heterocycles. The average Bonchev–Trinajstić information content (AvgIpc) is 2.53. The number of rotatable bonds is 11. The Kier molecular flexibility index (Phi) is 10.0. The second-order valence-corrected chi connectivity index (χ2v) is 5.93. The molecule has 0 aliphatic heterocycles. The molecule has 7 N–H and O–H groups in total. The molecule has 0 aliphatic rings. The van der Waals surface area contributed by atoms with Crippen LogP contribution in [0.2, 0.25) is 0 Å². The quantitative estimate of drug-likeness (QED) is 0.248. The number of hydrogen-bond acceptors (Lipinski definition) is 6. The lowest BCUT2D eigenvalue weighted by molar-refractivity contribution is -0.143. The fourth-order valence-electron chi connectivity index (χ4n) is 1.85. The minimum absolute atomic E-state index is 0.0565. The van der Waals surface area contributed by atoms with Crippen molar-refractivity contribution in [3.63, 3.8) is 0 Å². The van der Waals surface area contributed by atoms with E-state index in [2.05, 4.69) is 23.3 Å². The number of nitrogens with two attached hydrogens (primary N) is 2. The highest BCUT2D eigenvalue weighted by molar-refractivity contribution is 7.80. The van der Waals surface area contributed by atoms with E-state index in [1.165, 1.54) is 0 Å². The Morgan fingerprint density at radius 3 is 2.17 bits per heavy atom. The van der Waals surface area contributed by atoms with Gasteiger partial charge in [0.15, 0.2) is 0 Å². The average molecular weight is 362 g/mol. The summed E-state index contributed by atoms with van der Waals surface area (Å²) in [6.45, 7) is 3.48. The Bertz CT molecular complexity index is 474. The zero-order valence-electron chi connectivity index (χ0n) is 13.8. The van der Waals surface area contributed by atoms with Crippen molar-refractivity contribution in [1.82, 2.24) is 10.6 Å². The highest BCUT2D eigenvalue weighted by Gasteiger charge is 2.30. The van der Waals surface area contributed by atoms with Crippen molar-refractivity contribution in [2.45, 2.75) is 51.2 Å². The van der Waals surface area contributed by atoms with Gasteiger partial charge in [-0.05, 0) is 12.3 Å². The maximum atomic E-state index is 12.3. The monoisotopic (exact) mass is 362 g/mol. The van der Waals surface area contributed by atoms with Gasteiger partial charge < -0.3 is 27.2 Å². The van der Waals surface area contributed by atoms with Gasteiger partial charge in [-0.25, -0.2) is 4.79 Å². The number of primary amides is 1. The Hall–Kier alpha value is -1.81. The summed E-state index contributed by atoms with van der Waals surface area (Å²) in [6, 6.07) is -3.14. The normalized spacial score (nSPS) is 15.7. The summed E-state index contributed by atoms with van der Waals surface area (Å²) in [6.07, 6.45) is 0.342. The van der Waals surface area contributed by atoms with Crippen molar-refractivity contribution >= 4 is 36.3 Å². The summed E-state index contributed by atoms with van der Waals surface area (Å²) in [5.74, 6) is -3.38. The maximum Gasteiger partial charge on any atom is 0.326 e. The molecule has 0 rings (SSSR count). The second-order valence-electron chi connectivity index (χ2n) is 5.57. The maximum absolute atomic E-state index is 12.3. The van der Waals surface area contributed by atoms with Crippen molar-refractivity contribution in [2.24, 2.45) is 17.4 Å². The highest BCUT2D eigenvalue weighted by Crippen LogP contribution is 2.09. The number of amides is 3. The Morgan fingerprint density at radius 2 is 1.75 bits per heavy atom. The van der Waals surface area contributed by atoms with Crippen molar-refractivity contribution in [3.05, 3.63) is 0 Å². The highest BCUT2D eigenvalue weighted by atomic mass is 32.1.